The second-order valence-corrected chi connectivity index (χ2v) is 7.81. The number of aliphatic hydroxyl groups excluding tert-OH is 1. The van der Waals surface area contributed by atoms with Gasteiger partial charge in [-0.25, -0.2) is 23.8 Å². The Morgan fingerprint density at radius 3 is 2.47 bits per heavy atom. The maximum Gasteiger partial charge on any atom is 0.416 e. The third kappa shape index (κ3) is 4.96. The van der Waals surface area contributed by atoms with E-state index in [1.54, 1.807) is 0 Å². The van der Waals surface area contributed by atoms with E-state index in [1.165, 1.54) is 36.5 Å². The second-order valence-electron chi connectivity index (χ2n) is 7.38. The van der Waals surface area contributed by atoms with Gasteiger partial charge < -0.3 is 10.8 Å². The highest BCUT2D eigenvalue weighted by molar-refractivity contribution is 6.30. The molecule has 1 atom stereocenters. The summed E-state index contributed by atoms with van der Waals surface area (Å²) in [5.74, 6) is -3.25. The SMILES string of the molecule is NC(=O)c1nc(Cn2nc(-c3ccc(Cl)cc3)n(CC(O)C(F)(F)F)c2=O)nn1-c1ncccc1F. The van der Waals surface area contributed by atoms with Gasteiger partial charge in [-0.3, -0.25) is 9.36 Å². The van der Waals surface area contributed by atoms with E-state index in [-0.39, 0.29) is 17.2 Å². The number of carbonyl (C=O) groups excluding carboxylic acids is 1. The Bertz CT molecular complexity index is 1480. The van der Waals surface area contributed by atoms with Gasteiger partial charge in [0, 0.05) is 16.8 Å². The van der Waals surface area contributed by atoms with Crippen molar-refractivity contribution in [3.8, 4) is 17.2 Å². The van der Waals surface area contributed by atoms with Crippen molar-refractivity contribution in [2.24, 2.45) is 5.73 Å². The second kappa shape index (κ2) is 9.50. The van der Waals surface area contributed by atoms with Crippen LogP contribution in [0.3, 0.4) is 0 Å². The monoisotopic (exact) mass is 526 g/mol. The van der Waals surface area contributed by atoms with E-state index in [0.717, 1.165) is 15.4 Å². The van der Waals surface area contributed by atoms with Gasteiger partial charge in [-0.05, 0) is 36.4 Å². The van der Waals surface area contributed by atoms with Crippen molar-refractivity contribution >= 4 is 17.5 Å². The van der Waals surface area contributed by atoms with E-state index >= 15 is 0 Å². The summed E-state index contributed by atoms with van der Waals surface area (Å²) in [6.45, 7) is -1.68. The molecule has 1 amide bonds. The summed E-state index contributed by atoms with van der Waals surface area (Å²) in [4.78, 5) is 32.5. The smallest absolute Gasteiger partial charge is 0.382 e. The predicted octanol–water partition coefficient (Wildman–Crippen LogP) is 1.55. The van der Waals surface area contributed by atoms with Crippen molar-refractivity contribution < 1.29 is 27.5 Å². The van der Waals surface area contributed by atoms with Crippen molar-refractivity contribution in [1.29, 1.82) is 0 Å². The van der Waals surface area contributed by atoms with Gasteiger partial charge in [0.2, 0.25) is 5.82 Å². The van der Waals surface area contributed by atoms with Crippen molar-refractivity contribution in [3.05, 3.63) is 75.6 Å². The maximum absolute atomic E-state index is 14.2. The first-order chi connectivity index (χ1) is 17.0. The van der Waals surface area contributed by atoms with Crippen LogP contribution in [-0.4, -0.2) is 57.4 Å². The highest BCUT2D eigenvalue weighted by atomic mass is 35.5. The molecule has 1 aromatic carbocycles. The molecule has 11 nitrogen and oxygen atoms in total. The van der Waals surface area contributed by atoms with Crippen LogP contribution in [0.25, 0.3) is 17.2 Å². The third-order valence-corrected chi connectivity index (χ3v) is 5.11. The van der Waals surface area contributed by atoms with Crippen LogP contribution in [0.5, 0.6) is 0 Å². The number of hydrogen-bond acceptors (Lipinski definition) is 7. The molecule has 0 spiro atoms. The lowest BCUT2D eigenvalue weighted by Gasteiger charge is -2.15. The molecular weight excluding hydrogens is 512 g/mol. The molecule has 3 aromatic heterocycles. The molecule has 1 unspecified atom stereocenters. The van der Waals surface area contributed by atoms with E-state index in [1.807, 2.05) is 0 Å². The number of aromatic nitrogens is 7. The molecule has 3 N–H and O–H groups in total. The first-order valence-corrected chi connectivity index (χ1v) is 10.4. The van der Waals surface area contributed by atoms with Gasteiger partial charge in [-0.2, -0.15) is 17.9 Å². The molecule has 4 rings (SSSR count). The number of alkyl halides is 3. The topological polar surface area (TPSA) is 147 Å². The highest BCUT2D eigenvalue weighted by Gasteiger charge is 2.39. The molecular formula is C20H15ClF4N8O3. The number of halogens is 5. The number of amides is 1. The minimum atomic E-state index is -5.00. The lowest BCUT2D eigenvalue weighted by molar-refractivity contribution is -0.207. The summed E-state index contributed by atoms with van der Waals surface area (Å²) in [5, 5.41) is 17.9. The van der Waals surface area contributed by atoms with E-state index in [9.17, 15) is 32.3 Å². The van der Waals surface area contributed by atoms with E-state index in [0.29, 0.717) is 9.59 Å². The summed E-state index contributed by atoms with van der Waals surface area (Å²) >= 11 is 5.86. The molecule has 0 radical (unpaired) electrons. The summed E-state index contributed by atoms with van der Waals surface area (Å²) in [6.07, 6.45) is -6.62. The normalized spacial score (nSPS) is 12.6. The fourth-order valence-electron chi connectivity index (χ4n) is 3.19. The molecule has 3 heterocycles. The van der Waals surface area contributed by atoms with Gasteiger partial charge >= 0.3 is 11.9 Å². The van der Waals surface area contributed by atoms with Crippen LogP contribution in [0.1, 0.15) is 16.4 Å². The van der Waals surface area contributed by atoms with E-state index in [2.05, 4.69) is 20.2 Å². The lowest BCUT2D eigenvalue weighted by Crippen LogP contribution is -2.37. The number of rotatable bonds is 7. The number of carbonyl (C=O) groups is 1. The summed E-state index contributed by atoms with van der Waals surface area (Å²) < 4.78 is 55.3. The van der Waals surface area contributed by atoms with Crippen LogP contribution in [0.15, 0.2) is 47.4 Å². The van der Waals surface area contributed by atoms with Crippen molar-refractivity contribution in [3.63, 3.8) is 0 Å². The Morgan fingerprint density at radius 2 is 1.86 bits per heavy atom. The Hall–Kier alpha value is -4.11. The minimum absolute atomic E-state index is 0.203. The molecule has 188 valence electrons. The number of nitrogens with two attached hydrogens (primary N) is 1. The number of benzene rings is 1. The first kappa shape index (κ1) is 25.0. The van der Waals surface area contributed by atoms with Crippen LogP contribution < -0.4 is 11.4 Å². The molecule has 0 aliphatic carbocycles. The van der Waals surface area contributed by atoms with Gasteiger partial charge in [0.15, 0.2) is 29.4 Å². The Kier molecular flexibility index (Phi) is 6.60. The molecule has 0 saturated heterocycles. The zero-order valence-corrected chi connectivity index (χ0v) is 18.7. The summed E-state index contributed by atoms with van der Waals surface area (Å²) in [7, 11) is 0. The van der Waals surface area contributed by atoms with Gasteiger partial charge in [0.05, 0.1) is 6.54 Å². The standard InChI is InChI=1S/C20H15ClF4N8O3/c21-11-5-3-10(4-6-11)16-30-32(19(36)31(16)8-13(34)20(23,24)25)9-14-28-18(15(26)35)33(29-14)17-12(22)2-1-7-27-17/h1-7,13,34H,8-9H2,(H2,26,35). The molecule has 0 aliphatic heterocycles. The van der Waals surface area contributed by atoms with Crippen LogP contribution in [0.2, 0.25) is 5.02 Å². The Labute approximate surface area is 203 Å². The van der Waals surface area contributed by atoms with Crippen molar-refractivity contribution in [2.75, 3.05) is 0 Å². The average Bonchev–Trinajstić information content (AvgIpc) is 3.36. The quantitative estimate of drug-likeness (QED) is 0.347. The van der Waals surface area contributed by atoms with Gasteiger partial charge in [-0.1, -0.05) is 11.6 Å². The minimum Gasteiger partial charge on any atom is -0.382 e. The molecule has 0 aliphatic rings. The van der Waals surface area contributed by atoms with Crippen LogP contribution in [0.4, 0.5) is 17.6 Å². The number of nitrogens with zero attached hydrogens (tertiary/aromatic N) is 7. The molecule has 0 fully saturated rings. The predicted molar refractivity (Wildman–Crippen MR) is 116 cm³/mol. The lowest BCUT2D eigenvalue weighted by atomic mass is 10.2. The molecule has 36 heavy (non-hydrogen) atoms. The third-order valence-electron chi connectivity index (χ3n) is 4.86. The zero-order chi connectivity index (χ0) is 26.2. The number of primary amides is 1. The van der Waals surface area contributed by atoms with Gasteiger partial charge in [0.25, 0.3) is 5.91 Å². The molecule has 16 heteroatoms. The van der Waals surface area contributed by atoms with Crippen molar-refractivity contribution in [2.45, 2.75) is 25.4 Å². The Balaban J connectivity index is 1.78. The number of pyridine rings is 1. The van der Waals surface area contributed by atoms with Gasteiger partial charge in [0.1, 0.15) is 6.54 Å². The van der Waals surface area contributed by atoms with E-state index < -0.39 is 54.4 Å². The fourth-order valence-corrected chi connectivity index (χ4v) is 3.32. The average molecular weight is 527 g/mol. The van der Waals surface area contributed by atoms with E-state index in [4.69, 9.17) is 17.3 Å². The Morgan fingerprint density at radius 1 is 1.17 bits per heavy atom. The first-order valence-electron chi connectivity index (χ1n) is 10.0. The van der Waals surface area contributed by atoms with Crippen LogP contribution in [0, 0.1) is 5.82 Å². The summed E-state index contributed by atoms with van der Waals surface area (Å²) in [6, 6.07) is 8.09. The molecule has 0 bridgehead atoms. The maximum atomic E-state index is 14.2. The zero-order valence-electron chi connectivity index (χ0n) is 17.9. The highest BCUT2D eigenvalue weighted by Crippen LogP contribution is 2.24. The summed E-state index contributed by atoms with van der Waals surface area (Å²) in [5.41, 5.74) is 4.50. The van der Waals surface area contributed by atoms with Crippen LogP contribution >= 0.6 is 11.6 Å². The number of hydrogen-bond donors (Lipinski definition) is 2. The van der Waals surface area contributed by atoms with Crippen molar-refractivity contribution in [1.82, 2.24) is 34.1 Å². The molecule has 4 aromatic rings. The largest absolute Gasteiger partial charge is 0.416 e. The van der Waals surface area contributed by atoms with Gasteiger partial charge in [-0.15, -0.1) is 10.2 Å². The molecule has 0 saturated carbocycles. The van der Waals surface area contributed by atoms with Crippen LogP contribution in [-0.2, 0) is 13.1 Å². The number of aliphatic hydroxyl groups is 1. The fraction of sp³-hybridized carbons (Fsp3) is 0.200.